The Labute approximate surface area is 271 Å². The first-order chi connectivity index (χ1) is 21.0. The number of benzene rings is 2. The van der Waals surface area contributed by atoms with Gasteiger partial charge in [-0.05, 0) is 81.7 Å². The molecule has 2 aromatic carbocycles. The maximum Gasteiger partial charge on any atom is 0.245 e. The zero-order valence-corrected chi connectivity index (χ0v) is 27.8. The smallest absolute Gasteiger partial charge is 0.245 e. The van der Waals surface area contributed by atoms with Crippen molar-refractivity contribution in [2.24, 2.45) is 23.0 Å². The SMILES string of the molecule is CC(C)(C)NC(=O)C1(C2CCCCC2)CCN(C(=O)C(Cc2ccc(Cl)cc2)NC(=O)C2CSc3ccccc3C2N)CC1. The molecule has 3 atom stereocenters. The van der Waals surface area contributed by atoms with Crippen molar-refractivity contribution in [1.82, 2.24) is 15.5 Å². The van der Waals surface area contributed by atoms with Gasteiger partial charge in [-0.3, -0.25) is 14.4 Å². The maximum atomic E-state index is 14.2. The van der Waals surface area contributed by atoms with Crippen LogP contribution < -0.4 is 16.4 Å². The highest BCUT2D eigenvalue weighted by Crippen LogP contribution is 2.46. The van der Waals surface area contributed by atoms with Crippen LogP contribution in [0.15, 0.2) is 53.4 Å². The number of carbonyl (C=O) groups excluding carboxylic acids is 3. The van der Waals surface area contributed by atoms with Crippen LogP contribution in [-0.2, 0) is 20.8 Å². The number of nitrogens with two attached hydrogens (primary N) is 1. The van der Waals surface area contributed by atoms with E-state index < -0.39 is 23.4 Å². The first-order valence-electron chi connectivity index (χ1n) is 16.1. The number of carbonyl (C=O) groups is 3. The molecule has 0 bridgehead atoms. The van der Waals surface area contributed by atoms with E-state index in [1.165, 1.54) is 6.42 Å². The summed E-state index contributed by atoms with van der Waals surface area (Å²) in [5.41, 5.74) is 7.69. The third kappa shape index (κ3) is 7.45. The quantitative estimate of drug-likeness (QED) is 0.351. The highest BCUT2D eigenvalue weighted by atomic mass is 35.5. The molecule has 2 heterocycles. The summed E-state index contributed by atoms with van der Waals surface area (Å²) >= 11 is 7.77. The lowest BCUT2D eigenvalue weighted by Gasteiger charge is -2.48. The average Bonchev–Trinajstić information content (AvgIpc) is 3.01. The normalized spacial score (nSPS) is 22.9. The molecule has 1 aliphatic carbocycles. The largest absolute Gasteiger partial charge is 0.351 e. The second kappa shape index (κ2) is 13.8. The van der Waals surface area contributed by atoms with Gasteiger partial charge in [0.25, 0.3) is 0 Å². The van der Waals surface area contributed by atoms with Crippen LogP contribution in [0, 0.1) is 17.3 Å². The van der Waals surface area contributed by atoms with Gasteiger partial charge in [-0.2, -0.15) is 0 Å². The van der Waals surface area contributed by atoms with Crippen LogP contribution >= 0.6 is 23.4 Å². The zero-order valence-electron chi connectivity index (χ0n) is 26.2. The van der Waals surface area contributed by atoms with Crippen molar-refractivity contribution < 1.29 is 14.4 Å². The molecule has 3 amide bonds. The molecule has 238 valence electrons. The first-order valence-corrected chi connectivity index (χ1v) is 17.5. The Morgan fingerprint density at radius 1 is 1.02 bits per heavy atom. The second-order valence-corrected chi connectivity index (χ2v) is 15.4. The average molecular weight is 639 g/mol. The molecule has 2 aromatic rings. The minimum atomic E-state index is -0.747. The lowest BCUT2D eigenvalue weighted by Crippen LogP contribution is -2.59. The van der Waals surface area contributed by atoms with Crippen molar-refractivity contribution >= 4 is 41.1 Å². The van der Waals surface area contributed by atoms with Crippen molar-refractivity contribution in [3.63, 3.8) is 0 Å². The van der Waals surface area contributed by atoms with E-state index in [-0.39, 0.29) is 23.3 Å². The van der Waals surface area contributed by atoms with Crippen LogP contribution in [0.4, 0.5) is 0 Å². The van der Waals surface area contributed by atoms with E-state index in [4.69, 9.17) is 17.3 Å². The van der Waals surface area contributed by atoms with E-state index in [1.807, 2.05) is 62.1 Å². The summed E-state index contributed by atoms with van der Waals surface area (Å²) in [6.07, 6.45) is 7.26. The number of nitrogens with zero attached hydrogens (tertiary/aromatic N) is 1. The Bertz CT molecular complexity index is 1330. The number of hydrogen-bond donors (Lipinski definition) is 3. The third-order valence-corrected chi connectivity index (χ3v) is 11.2. The van der Waals surface area contributed by atoms with E-state index in [1.54, 1.807) is 23.9 Å². The van der Waals surface area contributed by atoms with Crippen LogP contribution in [0.1, 0.15) is 82.9 Å². The highest BCUT2D eigenvalue weighted by Gasteiger charge is 2.49. The van der Waals surface area contributed by atoms with Gasteiger partial charge in [-0.1, -0.05) is 61.2 Å². The third-order valence-electron chi connectivity index (χ3n) is 9.73. The Morgan fingerprint density at radius 2 is 1.68 bits per heavy atom. The van der Waals surface area contributed by atoms with Crippen molar-refractivity contribution in [2.75, 3.05) is 18.8 Å². The van der Waals surface area contributed by atoms with Gasteiger partial charge in [0.15, 0.2) is 0 Å². The standard InChI is InChI=1S/C35H47ClN4O3S/c1-34(2,3)39-33(43)35(24-9-5-4-6-10-24)17-19-40(20-18-35)32(42)28(21-23-13-15-25(36)16-14-23)38-31(41)27-22-44-29-12-8-7-11-26(29)30(27)37/h7-8,11-16,24,27-28,30H,4-6,9-10,17-22,37H2,1-3H3,(H,38,41)(H,39,43). The van der Waals surface area contributed by atoms with Gasteiger partial charge >= 0.3 is 0 Å². The molecule has 2 aliphatic heterocycles. The molecule has 5 rings (SSSR count). The number of thioether (sulfide) groups is 1. The molecule has 2 fully saturated rings. The highest BCUT2D eigenvalue weighted by molar-refractivity contribution is 7.99. The molecule has 4 N–H and O–H groups in total. The van der Waals surface area contributed by atoms with E-state index in [0.29, 0.717) is 49.0 Å². The van der Waals surface area contributed by atoms with Crippen molar-refractivity contribution in [1.29, 1.82) is 0 Å². The predicted octanol–water partition coefficient (Wildman–Crippen LogP) is 5.89. The number of piperidine rings is 1. The fourth-order valence-electron chi connectivity index (χ4n) is 7.25. The number of likely N-dealkylation sites (tertiary alicyclic amines) is 1. The number of amides is 3. The van der Waals surface area contributed by atoms with E-state index >= 15 is 0 Å². The lowest BCUT2D eigenvalue weighted by atomic mass is 9.63. The van der Waals surface area contributed by atoms with Gasteiger partial charge in [-0.25, -0.2) is 0 Å². The fraction of sp³-hybridized carbons (Fsp3) is 0.571. The van der Waals surface area contributed by atoms with Crippen LogP contribution in [0.3, 0.4) is 0 Å². The summed E-state index contributed by atoms with van der Waals surface area (Å²) < 4.78 is 0. The van der Waals surface area contributed by atoms with E-state index in [0.717, 1.165) is 41.7 Å². The van der Waals surface area contributed by atoms with Gasteiger partial charge in [0.1, 0.15) is 6.04 Å². The Hall–Kier alpha value is -2.55. The zero-order chi connectivity index (χ0) is 31.5. The molecular formula is C35H47ClN4O3S. The monoisotopic (exact) mass is 638 g/mol. The molecule has 3 aliphatic rings. The van der Waals surface area contributed by atoms with E-state index in [9.17, 15) is 14.4 Å². The molecule has 9 heteroatoms. The summed E-state index contributed by atoms with van der Waals surface area (Å²) in [6, 6.07) is 14.2. The number of fused-ring (bicyclic) bond motifs is 1. The lowest BCUT2D eigenvalue weighted by molar-refractivity contribution is -0.147. The summed E-state index contributed by atoms with van der Waals surface area (Å²) in [6.45, 7) is 7.06. The maximum absolute atomic E-state index is 14.2. The topological polar surface area (TPSA) is 105 Å². The number of nitrogens with one attached hydrogen (secondary N) is 2. The number of rotatable bonds is 7. The molecule has 7 nitrogen and oxygen atoms in total. The van der Waals surface area contributed by atoms with Crippen LogP contribution in [0.25, 0.3) is 0 Å². The summed E-state index contributed by atoms with van der Waals surface area (Å²) in [7, 11) is 0. The van der Waals surface area contributed by atoms with Gasteiger partial charge in [0, 0.05) is 46.8 Å². The van der Waals surface area contributed by atoms with Gasteiger partial charge in [-0.15, -0.1) is 11.8 Å². The predicted molar refractivity (Wildman–Crippen MR) is 177 cm³/mol. The van der Waals surface area contributed by atoms with Gasteiger partial charge in [0.05, 0.1) is 11.3 Å². The van der Waals surface area contributed by atoms with Crippen LogP contribution in [0.5, 0.6) is 0 Å². The molecule has 0 spiro atoms. The van der Waals surface area contributed by atoms with Crippen molar-refractivity contribution in [3.05, 3.63) is 64.7 Å². The number of hydrogen-bond acceptors (Lipinski definition) is 5. The molecule has 0 aromatic heterocycles. The molecular weight excluding hydrogens is 592 g/mol. The molecule has 44 heavy (non-hydrogen) atoms. The van der Waals surface area contributed by atoms with Gasteiger partial charge in [0.2, 0.25) is 17.7 Å². The summed E-state index contributed by atoms with van der Waals surface area (Å²) in [4.78, 5) is 44.8. The van der Waals surface area contributed by atoms with E-state index in [2.05, 4.69) is 10.6 Å². The molecule has 0 radical (unpaired) electrons. The Balaban J connectivity index is 1.33. The van der Waals surface area contributed by atoms with Gasteiger partial charge < -0.3 is 21.3 Å². The minimum absolute atomic E-state index is 0.112. The summed E-state index contributed by atoms with van der Waals surface area (Å²) in [5.74, 6) is 0.246. The van der Waals surface area contributed by atoms with Crippen LogP contribution in [-0.4, -0.2) is 53.0 Å². The first kappa shape index (κ1) is 32.8. The number of halogens is 1. The van der Waals surface area contributed by atoms with Crippen molar-refractivity contribution in [3.8, 4) is 0 Å². The Kier molecular flexibility index (Phi) is 10.3. The molecule has 1 saturated carbocycles. The molecule has 1 saturated heterocycles. The minimum Gasteiger partial charge on any atom is -0.351 e. The molecule has 3 unspecified atom stereocenters. The second-order valence-electron chi connectivity index (χ2n) is 13.9. The fourth-order valence-corrected chi connectivity index (χ4v) is 8.64. The Morgan fingerprint density at radius 3 is 2.34 bits per heavy atom. The summed E-state index contributed by atoms with van der Waals surface area (Å²) in [5, 5.41) is 7.01. The van der Waals surface area contributed by atoms with Crippen LogP contribution in [0.2, 0.25) is 5.02 Å². The van der Waals surface area contributed by atoms with Crippen molar-refractivity contribution in [2.45, 2.75) is 94.7 Å².